The molecule has 0 aliphatic carbocycles. The van der Waals surface area contributed by atoms with Crippen molar-refractivity contribution >= 4 is 0 Å². The molecule has 1 saturated heterocycles. The van der Waals surface area contributed by atoms with Crippen molar-refractivity contribution in [1.82, 2.24) is 10.2 Å². The van der Waals surface area contributed by atoms with Crippen LogP contribution in [0.15, 0.2) is 0 Å². The molecule has 1 atom stereocenters. The van der Waals surface area contributed by atoms with Gasteiger partial charge in [0.1, 0.15) is 0 Å². The van der Waals surface area contributed by atoms with E-state index in [0.29, 0.717) is 5.54 Å². The van der Waals surface area contributed by atoms with Gasteiger partial charge in [-0.15, -0.1) is 0 Å². The quantitative estimate of drug-likeness (QED) is 0.715. The summed E-state index contributed by atoms with van der Waals surface area (Å²) in [5.41, 5.74) is 0.379. The van der Waals surface area contributed by atoms with E-state index >= 15 is 0 Å². The summed E-state index contributed by atoms with van der Waals surface area (Å²) in [5, 5.41) is 3.60. The van der Waals surface area contributed by atoms with Gasteiger partial charge < -0.3 is 10.2 Å². The second-order valence-electron chi connectivity index (χ2n) is 5.18. The van der Waals surface area contributed by atoms with Gasteiger partial charge in [-0.05, 0) is 39.3 Å². The van der Waals surface area contributed by atoms with E-state index in [9.17, 15) is 0 Å². The van der Waals surface area contributed by atoms with Crippen LogP contribution in [0.2, 0.25) is 0 Å². The molecule has 2 nitrogen and oxygen atoms in total. The lowest BCUT2D eigenvalue weighted by Crippen LogP contribution is -2.47. The van der Waals surface area contributed by atoms with Crippen molar-refractivity contribution in [3.8, 4) is 0 Å². The summed E-state index contributed by atoms with van der Waals surface area (Å²) in [6.07, 6.45) is 2.67. The van der Waals surface area contributed by atoms with Gasteiger partial charge in [0.05, 0.1) is 0 Å². The van der Waals surface area contributed by atoms with Crippen LogP contribution >= 0.6 is 0 Å². The molecular weight excluding hydrogens is 160 g/mol. The Morgan fingerprint density at radius 3 is 2.62 bits per heavy atom. The summed E-state index contributed by atoms with van der Waals surface area (Å²) in [7, 11) is 2.23. The van der Waals surface area contributed by atoms with E-state index in [0.717, 1.165) is 5.92 Å². The highest BCUT2D eigenvalue weighted by molar-refractivity contribution is 4.90. The Labute approximate surface area is 82.7 Å². The van der Waals surface area contributed by atoms with Gasteiger partial charge in [0.15, 0.2) is 0 Å². The Morgan fingerprint density at radius 2 is 2.15 bits per heavy atom. The van der Waals surface area contributed by atoms with Gasteiger partial charge >= 0.3 is 0 Å². The van der Waals surface area contributed by atoms with Crippen LogP contribution in [0.25, 0.3) is 0 Å². The number of hydrogen-bond donors (Lipinski definition) is 1. The van der Waals surface area contributed by atoms with Crippen LogP contribution in [0.3, 0.4) is 0 Å². The lowest BCUT2D eigenvalue weighted by atomic mass is 9.99. The van der Waals surface area contributed by atoms with Crippen molar-refractivity contribution in [2.75, 3.05) is 26.7 Å². The van der Waals surface area contributed by atoms with Gasteiger partial charge in [-0.3, -0.25) is 0 Å². The second kappa shape index (κ2) is 4.43. The molecule has 2 heteroatoms. The average molecular weight is 184 g/mol. The van der Waals surface area contributed by atoms with E-state index in [1.165, 1.54) is 32.5 Å². The number of rotatable bonds is 4. The molecule has 0 aromatic carbocycles. The standard InChI is InChI=1S/C11H24N2/c1-10(2)8-13(4)9-11(3)6-5-7-12-11/h10,12H,5-9H2,1-4H3. The zero-order chi connectivity index (χ0) is 9.90. The lowest BCUT2D eigenvalue weighted by molar-refractivity contribution is 0.220. The highest BCUT2D eigenvalue weighted by Gasteiger charge is 2.28. The van der Waals surface area contributed by atoms with Gasteiger partial charge in [-0.25, -0.2) is 0 Å². The van der Waals surface area contributed by atoms with Gasteiger partial charge in [-0.2, -0.15) is 0 Å². The summed E-state index contributed by atoms with van der Waals surface area (Å²) >= 11 is 0. The Bertz CT molecular complexity index is 148. The molecule has 1 rings (SSSR count). The molecule has 78 valence electrons. The third kappa shape index (κ3) is 3.65. The summed E-state index contributed by atoms with van der Waals surface area (Å²) in [6, 6.07) is 0. The zero-order valence-electron chi connectivity index (χ0n) is 9.56. The molecule has 1 fully saturated rings. The molecule has 0 saturated carbocycles. The number of hydrogen-bond acceptors (Lipinski definition) is 2. The lowest BCUT2D eigenvalue weighted by Gasteiger charge is -2.31. The Kier molecular flexibility index (Phi) is 3.74. The van der Waals surface area contributed by atoms with E-state index in [1.807, 2.05) is 0 Å². The highest BCUT2D eigenvalue weighted by Crippen LogP contribution is 2.19. The molecule has 1 N–H and O–H groups in total. The largest absolute Gasteiger partial charge is 0.310 e. The normalized spacial score (nSPS) is 29.1. The Morgan fingerprint density at radius 1 is 1.46 bits per heavy atom. The predicted octanol–water partition coefficient (Wildman–Crippen LogP) is 1.72. The van der Waals surface area contributed by atoms with E-state index in [4.69, 9.17) is 0 Å². The van der Waals surface area contributed by atoms with Crippen molar-refractivity contribution in [1.29, 1.82) is 0 Å². The van der Waals surface area contributed by atoms with Gasteiger partial charge in [0.25, 0.3) is 0 Å². The molecule has 1 heterocycles. The minimum atomic E-state index is 0.379. The fourth-order valence-corrected chi connectivity index (χ4v) is 2.38. The summed E-state index contributed by atoms with van der Waals surface area (Å²) in [4.78, 5) is 2.45. The van der Waals surface area contributed by atoms with Gasteiger partial charge in [-0.1, -0.05) is 13.8 Å². The van der Waals surface area contributed by atoms with Crippen LogP contribution in [0, 0.1) is 5.92 Å². The van der Waals surface area contributed by atoms with E-state index in [-0.39, 0.29) is 0 Å². The molecule has 0 amide bonds. The van der Waals surface area contributed by atoms with Crippen molar-refractivity contribution < 1.29 is 0 Å². The third-order valence-electron chi connectivity index (χ3n) is 2.75. The van der Waals surface area contributed by atoms with Crippen LogP contribution in [0.4, 0.5) is 0 Å². The minimum Gasteiger partial charge on any atom is -0.310 e. The number of nitrogens with one attached hydrogen (secondary N) is 1. The maximum absolute atomic E-state index is 3.60. The van der Waals surface area contributed by atoms with Crippen molar-refractivity contribution in [2.45, 2.75) is 39.2 Å². The molecule has 1 aliphatic heterocycles. The predicted molar refractivity (Wildman–Crippen MR) is 58.0 cm³/mol. The van der Waals surface area contributed by atoms with Gasteiger partial charge in [0.2, 0.25) is 0 Å². The van der Waals surface area contributed by atoms with Crippen molar-refractivity contribution in [3.05, 3.63) is 0 Å². The monoisotopic (exact) mass is 184 g/mol. The van der Waals surface area contributed by atoms with Crippen molar-refractivity contribution in [2.24, 2.45) is 5.92 Å². The maximum Gasteiger partial charge on any atom is 0.0280 e. The van der Waals surface area contributed by atoms with E-state index in [1.54, 1.807) is 0 Å². The minimum absolute atomic E-state index is 0.379. The fraction of sp³-hybridized carbons (Fsp3) is 1.00. The van der Waals surface area contributed by atoms with Crippen LogP contribution in [0.5, 0.6) is 0 Å². The first kappa shape index (κ1) is 11.0. The summed E-state index contributed by atoms with van der Waals surface area (Å²) in [5.74, 6) is 0.773. The third-order valence-corrected chi connectivity index (χ3v) is 2.75. The zero-order valence-corrected chi connectivity index (χ0v) is 9.56. The number of nitrogens with zero attached hydrogens (tertiary/aromatic N) is 1. The van der Waals surface area contributed by atoms with Crippen LogP contribution in [-0.4, -0.2) is 37.1 Å². The van der Waals surface area contributed by atoms with Crippen LogP contribution in [0.1, 0.15) is 33.6 Å². The fourth-order valence-electron chi connectivity index (χ4n) is 2.38. The van der Waals surface area contributed by atoms with Crippen LogP contribution < -0.4 is 5.32 Å². The first-order chi connectivity index (χ1) is 6.02. The first-order valence-electron chi connectivity index (χ1n) is 5.45. The molecular formula is C11H24N2. The summed E-state index contributed by atoms with van der Waals surface area (Å²) in [6.45, 7) is 10.5. The smallest absolute Gasteiger partial charge is 0.0280 e. The molecule has 0 radical (unpaired) electrons. The first-order valence-corrected chi connectivity index (χ1v) is 5.45. The molecule has 1 aliphatic rings. The molecule has 0 bridgehead atoms. The van der Waals surface area contributed by atoms with E-state index in [2.05, 4.69) is 38.0 Å². The summed E-state index contributed by atoms with van der Waals surface area (Å²) < 4.78 is 0. The molecule has 13 heavy (non-hydrogen) atoms. The SMILES string of the molecule is CC(C)CN(C)CC1(C)CCCN1. The Hall–Kier alpha value is -0.0800. The number of likely N-dealkylation sites (N-methyl/N-ethyl adjacent to an activating group) is 1. The van der Waals surface area contributed by atoms with Crippen molar-refractivity contribution in [3.63, 3.8) is 0 Å². The maximum atomic E-state index is 3.60. The molecule has 0 spiro atoms. The molecule has 0 aromatic rings. The van der Waals surface area contributed by atoms with E-state index < -0.39 is 0 Å². The molecule has 0 aromatic heterocycles. The molecule has 1 unspecified atom stereocenters. The average Bonchev–Trinajstić information content (AvgIpc) is 2.33. The topological polar surface area (TPSA) is 15.3 Å². The van der Waals surface area contributed by atoms with Gasteiger partial charge in [0, 0.05) is 18.6 Å². The Balaban J connectivity index is 2.29. The van der Waals surface area contributed by atoms with Crippen LogP contribution in [-0.2, 0) is 0 Å². The highest BCUT2D eigenvalue weighted by atomic mass is 15.2. The second-order valence-corrected chi connectivity index (χ2v) is 5.18.